The standard InChI is InChI=1S/C26H30N4O6S/c1-26(2,28-14-18(31)16-35-22-6-4-5-21-24(22)30-25(32)29-21)13-17-7-9-19(10-8-17)36-23-12-11-20(15-27-23)37(3,33)34/h4-12,15,18,28,31H,13-14,16H2,1-3H3,(H2,29,30,32)/t18-/m1/s1. The number of aliphatic hydroxyl groups is 1. The smallest absolute Gasteiger partial charge is 0.323 e. The zero-order valence-corrected chi connectivity index (χ0v) is 21.6. The summed E-state index contributed by atoms with van der Waals surface area (Å²) in [5.74, 6) is 1.39. The van der Waals surface area contributed by atoms with Gasteiger partial charge in [-0.25, -0.2) is 18.2 Å². The number of nitrogens with one attached hydrogen (secondary N) is 3. The van der Waals surface area contributed by atoms with Gasteiger partial charge in [0, 0.05) is 30.6 Å². The molecule has 0 saturated heterocycles. The van der Waals surface area contributed by atoms with Gasteiger partial charge in [0.2, 0.25) is 5.88 Å². The molecule has 37 heavy (non-hydrogen) atoms. The average Bonchev–Trinajstić information content (AvgIpc) is 3.23. The number of pyridine rings is 1. The molecule has 0 unspecified atom stereocenters. The Morgan fingerprint density at radius 3 is 2.51 bits per heavy atom. The molecule has 1 atom stereocenters. The Kier molecular flexibility index (Phi) is 7.67. The van der Waals surface area contributed by atoms with Crippen molar-refractivity contribution in [3.05, 3.63) is 76.8 Å². The minimum absolute atomic E-state index is 0.0701. The second kappa shape index (κ2) is 10.8. The molecule has 4 aromatic rings. The molecule has 10 nitrogen and oxygen atoms in total. The van der Waals surface area contributed by atoms with Crippen LogP contribution < -0.4 is 20.5 Å². The van der Waals surface area contributed by atoms with E-state index in [1.54, 1.807) is 18.2 Å². The highest BCUT2D eigenvalue weighted by atomic mass is 32.2. The topological polar surface area (TPSA) is 146 Å². The fourth-order valence-corrected chi connectivity index (χ4v) is 4.37. The number of fused-ring (bicyclic) bond motifs is 1. The third-order valence-corrected chi connectivity index (χ3v) is 6.79. The molecule has 0 bridgehead atoms. The summed E-state index contributed by atoms with van der Waals surface area (Å²) in [6, 6.07) is 15.8. The van der Waals surface area contributed by atoms with Gasteiger partial charge < -0.3 is 29.9 Å². The number of ether oxygens (including phenoxy) is 2. The molecule has 0 aliphatic carbocycles. The van der Waals surface area contributed by atoms with Crippen molar-refractivity contribution in [3.63, 3.8) is 0 Å². The molecule has 11 heteroatoms. The van der Waals surface area contributed by atoms with E-state index in [0.717, 1.165) is 11.8 Å². The number of β-amino-alcohol motifs (C(OH)–C–C–N with tert-alkyl or cyclic N) is 1. The first-order valence-electron chi connectivity index (χ1n) is 11.7. The Balaban J connectivity index is 1.26. The maximum atomic E-state index is 11.6. The quantitative estimate of drug-likeness (QED) is 0.233. The van der Waals surface area contributed by atoms with Gasteiger partial charge in [-0.3, -0.25) is 0 Å². The summed E-state index contributed by atoms with van der Waals surface area (Å²) >= 11 is 0. The predicted octanol–water partition coefficient (Wildman–Crippen LogP) is 2.80. The fraction of sp³-hybridized carbons (Fsp3) is 0.308. The van der Waals surface area contributed by atoms with E-state index in [1.165, 1.54) is 18.3 Å². The number of aromatic nitrogens is 3. The summed E-state index contributed by atoms with van der Waals surface area (Å²) in [6.45, 7) is 4.48. The highest BCUT2D eigenvalue weighted by molar-refractivity contribution is 7.90. The number of para-hydroxylation sites is 1. The van der Waals surface area contributed by atoms with Crippen LogP contribution in [0.2, 0.25) is 0 Å². The van der Waals surface area contributed by atoms with Gasteiger partial charge in [0.05, 0.1) is 10.4 Å². The molecule has 0 aliphatic heterocycles. The van der Waals surface area contributed by atoms with Gasteiger partial charge >= 0.3 is 5.69 Å². The molecule has 4 N–H and O–H groups in total. The van der Waals surface area contributed by atoms with Crippen molar-refractivity contribution in [2.24, 2.45) is 0 Å². The normalized spacial score (nSPS) is 13.0. The number of nitrogens with zero attached hydrogens (tertiary/aromatic N) is 1. The van der Waals surface area contributed by atoms with Crippen molar-refractivity contribution in [1.82, 2.24) is 20.3 Å². The van der Waals surface area contributed by atoms with E-state index < -0.39 is 15.9 Å². The molecule has 0 fully saturated rings. The van der Waals surface area contributed by atoms with E-state index in [-0.39, 0.29) is 22.7 Å². The molecule has 4 rings (SSSR count). The van der Waals surface area contributed by atoms with E-state index >= 15 is 0 Å². The third-order valence-electron chi connectivity index (χ3n) is 5.69. The highest BCUT2D eigenvalue weighted by Gasteiger charge is 2.20. The number of sulfone groups is 1. The lowest BCUT2D eigenvalue weighted by Crippen LogP contribution is -2.46. The second-order valence-corrected chi connectivity index (χ2v) is 11.5. The van der Waals surface area contributed by atoms with Crippen molar-refractivity contribution < 1.29 is 23.0 Å². The van der Waals surface area contributed by atoms with Crippen LogP contribution >= 0.6 is 0 Å². The average molecular weight is 527 g/mol. The SMILES string of the molecule is CC(C)(Cc1ccc(Oc2ccc(S(C)(=O)=O)cn2)cc1)NC[C@@H](O)COc1cccc2[nH]c(=O)[nH]c12. The monoisotopic (exact) mass is 526 g/mol. The molecule has 2 aromatic carbocycles. The van der Waals surface area contributed by atoms with E-state index in [9.17, 15) is 18.3 Å². The zero-order valence-electron chi connectivity index (χ0n) is 20.8. The van der Waals surface area contributed by atoms with Crippen LogP contribution in [0.15, 0.2) is 70.5 Å². The summed E-state index contributed by atoms with van der Waals surface area (Å²) < 4.78 is 34.6. The largest absolute Gasteiger partial charge is 0.489 e. The molecular formula is C26H30N4O6S. The fourth-order valence-electron chi connectivity index (χ4n) is 3.81. The lowest BCUT2D eigenvalue weighted by molar-refractivity contribution is 0.0995. The van der Waals surface area contributed by atoms with Crippen molar-refractivity contribution in [2.45, 2.75) is 36.8 Å². The van der Waals surface area contributed by atoms with Crippen LogP contribution in [0, 0.1) is 0 Å². The minimum Gasteiger partial charge on any atom is -0.489 e. The molecule has 0 saturated carbocycles. The molecule has 0 aliphatic rings. The summed E-state index contributed by atoms with van der Waals surface area (Å²) in [4.78, 5) is 21.1. The summed E-state index contributed by atoms with van der Waals surface area (Å²) in [5.41, 5.74) is 1.67. The van der Waals surface area contributed by atoms with E-state index in [1.807, 2.05) is 38.1 Å². The zero-order chi connectivity index (χ0) is 26.6. The second-order valence-electron chi connectivity index (χ2n) is 9.51. The molecule has 0 amide bonds. The first-order valence-corrected chi connectivity index (χ1v) is 13.6. The first-order chi connectivity index (χ1) is 17.5. The molecular weight excluding hydrogens is 496 g/mol. The Morgan fingerprint density at radius 2 is 1.84 bits per heavy atom. The Labute approximate surface area is 214 Å². The van der Waals surface area contributed by atoms with Crippen LogP contribution in [-0.4, -0.2) is 59.5 Å². The maximum Gasteiger partial charge on any atom is 0.323 e. The number of H-pyrrole nitrogens is 2. The first kappa shape index (κ1) is 26.4. The van der Waals surface area contributed by atoms with Gasteiger partial charge in [-0.05, 0) is 56.2 Å². The van der Waals surface area contributed by atoms with Crippen LogP contribution in [-0.2, 0) is 16.3 Å². The number of rotatable bonds is 11. The summed E-state index contributed by atoms with van der Waals surface area (Å²) in [7, 11) is -3.31. The molecule has 196 valence electrons. The van der Waals surface area contributed by atoms with E-state index in [0.29, 0.717) is 41.4 Å². The van der Waals surface area contributed by atoms with Gasteiger partial charge in [-0.1, -0.05) is 18.2 Å². The van der Waals surface area contributed by atoms with Crippen molar-refractivity contribution in [2.75, 3.05) is 19.4 Å². The van der Waals surface area contributed by atoms with Gasteiger partial charge in [0.15, 0.2) is 9.84 Å². The number of aliphatic hydroxyl groups excluding tert-OH is 1. The molecule has 0 radical (unpaired) electrons. The Hall–Kier alpha value is -3.67. The molecule has 2 heterocycles. The third kappa shape index (κ3) is 7.19. The lowest BCUT2D eigenvalue weighted by Gasteiger charge is -2.28. The molecule has 2 aromatic heterocycles. The van der Waals surface area contributed by atoms with Crippen molar-refractivity contribution in [3.8, 4) is 17.4 Å². The van der Waals surface area contributed by atoms with Crippen LogP contribution in [0.25, 0.3) is 11.0 Å². The van der Waals surface area contributed by atoms with Crippen molar-refractivity contribution >= 4 is 20.9 Å². The lowest BCUT2D eigenvalue weighted by atomic mass is 9.94. The number of benzene rings is 2. The predicted molar refractivity (Wildman–Crippen MR) is 140 cm³/mol. The van der Waals surface area contributed by atoms with Crippen molar-refractivity contribution in [1.29, 1.82) is 0 Å². The van der Waals surface area contributed by atoms with E-state index in [2.05, 4.69) is 20.3 Å². The van der Waals surface area contributed by atoms with Gasteiger partial charge in [-0.2, -0.15) is 0 Å². The summed E-state index contributed by atoms with van der Waals surface area (Å²) in [6.07, 6.45) is 2.35. The highest BCUT2D eigenvalue weighted by Crippen LogP contribution is 2.23. The number of hydrogen-bond acceptors (Lipinski definition) is 8. The summed E-state index contributed by atoms with van der Waals surface area (Å²) in [5, 5.41) is 13.8. The number of imidazole rings is 1. The minimum atomic E-state index is -3.31. The van der Waals surface area contributed by atoms with Gasteiger partial charge in [-0.15, -0.1) is 0 Å². The Morgan fingerprint density at radius 1 is 1.08 bits per heavy atom. The number of aromatic amines is 2. The van der Waals surface area contributed by atoms with Crippen LogP contribution in [0.3, 0.4) is 0 Å². The maximum absolute atomic E-state index is 11.6. The molecule has 0 spiro atoms. The Bertz CT molecular complexity index is 1510. The van der Waals surface area contributed by atoms with Gasteiger partial charge in [0.1, 0.15) is 29.7 Å². The van der Waals surface area contributed by atoms with E-state index in [4.69, 9.17) is 9.47 Å². The van der Waals surface area contributed by atoms with Gasteiger partial charge in [0.25, 0.3) is 0 Å². The van der Waals surface area contributed by atoms with Crippen LogP contribution in [0.1, 0.15) is 19.4 Å². The number of hydrogen-bond donors (Lipinski definition) is 4. The van der Waals surface area contributed by atoms with Crippen LogP contribution in [0.5, 0.6) is 17.4 Å². The van der Waals surface area contributed by atoms with Crippen LogP contribution in [0.4, 0.5) is 0 Å².